The summed E-state index contributed by atoms with van der Waals surface area (Å²) >= 11 is 1.43. The molecular formula is C20H23N3O3S. The van der Waals surface area contributed by atoms with Gasteiger partial charge in [0.2, 0.25) is 5.91 Å². The van der Waals surface area contributed by atoms with Crippen LogP contribution in [0.5, 0.6) is 5.75 Å². The third-order valence-electron chi connectivity index (χ3n) is 5.24. The summed E-state index contributed by atoms with van der Waals surface area (Å²) in [5.74, 6) is 0.800. The minimum absolute atomic E-state index is 0.0539. The summed E-state index contributed by atoms with van der Waals surface area (Å²) in [6.45, 7) is 5.69. The van der Waals surface area contributed by atoms with Crippen LogP contribution >= 0.6 is 11.3 Å². The van der Waals surface area contributed by atoms with Crippen LogP contribution < -0.4 is 10.1 Å². The smallest absolute Gasteiger partial charge is 0.240 e. The van der Waals surface area contributed by atoms with E-state index in [1.54, 1.807) is 0 Å². The molecule has 2 aliphatic heterocycles. The van der Waals surface area contributed by atoms with Crippen molar-refractivity contribution >= 4 is 28.2 Å². The van der Waals surface area contributed by atoms with E-state index >= 15 is 0 Å². The van der Waals surface area contributed by atoms with Gasteiger partial charge in [0.1, 0.15) is 11.4 Å². The maximum atomic E-state index is 12.6. The number of fused-ring (bicyclic) bond motifs is 1. The number of aryl methyl sites for hydroxylation is 2. The number of carbonyl (C=O) groups excluding carboxylic acids is 2. The maximum Gasteiger partial charge on any atom is 0.240 e. The van der Waals surface area contributed by atoms with E-state index in [-0.39, 0.29) is 11.7 Å². The number of nitrogens with one attached hydrogen (secondary N) is 1. The summed E-state index contributed by atoms with van der Waals surface area (Å²) in [5, 5.41) is 5.40. The van der Waals surface area contributed by atoms with Crippen molar-refractivity contribution < 1.29 is 14.3 Å². The van der Waals surface area contributed by atoms with E-state index in [4.69, 9.17) is 4.74 Å². The van der Waals surface area contributed by atoms with Gasteiger partial charge in [-0.05, 0) is 26.0 Å². The van der Waals surface area contributed by atoms with Gasteiger partial charge in [0.25, 0.3) is 0 Å². The van der Waals surface area contributed by atoms with Crippen molar-refractivity contribution in [3.8, 4) is 5.75 Å². The molecule has 4 rings (SSSR count). The number of rotatable bonds is 3. The molecule has 0 radical (unpaired) electrons. The third kappa shape index (κ3) is 3.89. The lowest BCUT2D eigenvalue weighted by Crippen LogP contribution is -2.52. The molecule has 0 aliphatic carbocycles. The number of nitrogens with zero attached hydrogens (tertiary/aromatic N) is 2. The lowest BCUT2D eigenvalue weighted by Gasteiger charge is -2.43. The van der Waals surface area contributed by atoms with Crippen LogP contribution in [0.2, 0.25) is 0 Å². The Labute approximate surface area is 162 Å². The number of benzene rings is 1. The van der Waals surface area contributed by atoms with Crippen molar-refractivity contribution in [2.75, 3.05) is 25.0 Å². The quantitative estimate of drug-likeness (QED) is 0.879. The lowest BCUT2D eigenvalue weighted by atomic mass is 9.82. The van der Waals surface area contributed by atoms with Gasteiger partial charge in [-0.15, -0.1) is 11.3 Å². The summed E-state index contributed by atoms with van der Waals surface area (Å²) in [4.78, 5) is 31.2. The maximum absolute atomic E-state index is 12.6. The average molecular weight is 385 g/mol. The van der Waals surface area contributed by atoms with Crippen LogP contribution in [0.25, 0.3) is 0 Å². The number of hydrogen-bond donors (Lipinski definition) is 1. The highest BCUT2D eigenvalue weighted by molar-refractivity contribution is 7.13. The molecule has 1 saturated heterocycles. The number of thiazole rings is 1. The van der Waals surface area contributed by atoms with Crippen LogP contribution in [0, 0.1) is 13.8 Å². The Hall–Kier alpha value is -2.25. The first kappa shape index (κ1) is 18.1. The summed E-state index contributed by atoms with van der Waals surface area (Å²) in [5.41, 5.74) is 2.24. The molecule has 27 heavy (non-hydrogen) atoms. The Morgan fingerprint density at radius 2 is 2.11 bits per heavy atom. The Morgan fingerprint density at radius 3 is 2.81 bits per heavy atom. The van der Waals surface area contributed by atoms with Gasteiger partial charge in [-0.2, -0.15) is 0 Å². The van der Waals surface area contributed by atoms with Gasteiger partial charge in [-0.25, -0.2) is 4.98 Å². The molecule has 2 aliphatic rings. The lowest BCUT2D eigenvalue weighted by molar-refractivity contribution is -0.118. The van der Waals surface area contributed by atoms with Crippen molar-refractivity contribution in [1.82, 2.24) is 9.88 Å². The number of Topliss-reactive ketones (excluding diaryl/α,β-unsaturated/α-hetero) is 1. The highest BCUT2D eigenvalue weighted by Gasteiger charge is 2.43. The van der Waals surface area contributed by atoms with Gasteiger partial charge < -0.3 is 10.1 Å². The van der Waals surface area contributed by atoms with E-state index in [0.29, 0.717) is 29.4 Å². The Kier molecular flexibility index (Phi) is 4.74. The summed E-state index contributed by atoms with van der Waals surface area (Å²) in [6.07, 6.45) is 1.91. The molecule has 7 heteroatoms. The van der Waals surface area contributed by atoms with Crippen molar-refractivity contribution in [3.63, 3.8) is 0 Å². The zero-order valence-corrected chi connectivity index (χ0v) is 16.4. The first-order valence-electron chi connectivity index (χ1n) is 9.20. The second-order valence-corrected chi connectivity index (χ2v) is 8.36. The van der Waals surface area contributed by atoms with E-state index in [1.807, 2.05) is 37.4 Å². The molecule has 142 valence electrons. The van der Waals surface area contributed by atoms with Gasteiger partial charge in [0.15, 0.2) is 10.9 Å². The fraction of sp³-hybridized carbons (Fsp3) is 0.450. The number of ketones is 1. The molecule has 2 aromatic rings. The molecule has 6 nitrogen and oxygen atoms in total. The number of amides is 1. The Balaban J connectivity index is 1.35. The van der Waals surface area contributed by atoms with Crippen LogP contribution in [0.3, 0.4) is 0 Å². The standard InChI is InChI=1S/C20H23N3O3S/c1-13-3-4-17-15(9-13)16(24)10-20(26-17)5-7-23(8-6-20)11-18(25)22-19-21-14(2)12-27-19/h3-4,9,12H,5-8,10-11H2,1-2H3,(H,21,22,25). The molecule has 1 amide bonds. The van der Waals surface area contributed by atoms with Gasteiger partial charge in [0.05, 0.1) is 24.2 Å². The molecule has 1 N–H and O–H groups in total. The molecule has 0 unspecified atom stereocenters. The average Bonchev–Trinajstić information content (AvgIpc) is 3.03. The zero-order chi connectivity index (χ0) is 19.0. The molecule has 1 spiro atoms. The first-order valence-corrected chi connectivity index (χ1v) is 10.1. The molecule has 1 aromatic heterocycles. The molecular weight excluding hydrogens is 362 g/mol. The van der Waals surface area contributed by atoms with Crippen molar-refractivity contribution in [3.05, 3.63) is 40.4 Å². The first-order chi connectivity index (χ1) is 12.9. The highest BCUT2D eigenvalue weighted by Crippen LogP contribution is 2.39. The molecule has 0 saturated carbocycles. The normalized spacial score (nSPS) is 18.8. The number of anilines is 1. The van der Waals surface area contributed by atoms with E-state index in [9.17, 15) is 9.59 Å². The van der Waals surface area contributed by atoms with Crippen LogP contribution in [-0.4, -0.2) is 46.8 Å². The van der Waals surface area contributed by atoms with Gasteiger partial charge in [0, 0.05) is 31.3 Å². The SMILES string of the molecule is Cc1ccc2c(c1)C(=O)CC1(CCN(CC(=O)Nc3nc(C)cs3)CC1)O2. The molecule has 1 aromatic carbocycles. The van der Waals surface area contributed by atoms with Gasteiger partial charge in [-0.1, -0.05) is 11.6 Å². The molecule has 0 bridgehead atoms. The number of likely N-dealkylation sites (tertiary alicyclic amines) is 1. The van der Waals surface area contributed by atoms with Crippen LogP contribution in [0.15, 0.2) is 23.6 Å². The van der Waals surface area contributed by atoms with Crippen LogP contribution in [-0.2, 0) is 4.79 Å². The van der Waals surface area contributed by atoms with Gasteiger partial charge >= 0.3 is 0 Å². The minimum atomic E-state index is -0.432. The van der Waals surface area contributed by atoms with Crippen LogP contribution in [0.4, 0.5) is 5.13 Å². The summed E-state index contributed by atoms with van der Waals surface area (Å²) < 4.78 is 6.28. The molecule has 0 atom stereocenters. The predicted molar refractivity (Wildman–Crippen MR) is 105 cm³/mol. The predicted octanol–water partition coefficient (Wildman–Crippen LogP) is 3.20. The summed E-state index contributed by atoms with van der Waals surface area (Å²) in [7, 11) is 0. The number of piperidine rings is 1. The topological polar surface area (TPSA) is 71.5 Å². The zero-order valence-electron chi connectivity index (χ0n) is 15.6. The second-order valence-electron chi connectivity index (χ2n) is 7.50. The summed E-state index contributed by atoms with van der Waals surface area (Å²) in [6, 6.07) is 5.79. The number of ether oxygens (including phenoxy) is 1. The number of aromatic nitrogens is 1. The second kappa shape index (κ2) is 7.05. The minimum Gasteiger partial charge on any atom is -0.486 e. The Bertz CT molecular complexity index is 884. The molecule has 3 heterocycles. The van der Waals surface area contributed by atoms with E-state index in [2.05, 4.69) is 15.2 Å². The largest absolute Gasteiger partial charge is 0.486 e. The van der Waals surface area contributed by atoms with Crippen molar-refractivity contribution in [2.45, 2.75) is 38.7 Å². The van der Waals surface area contributed by atoms with E-state index in [1.165, 1.54) is 11.3 Å². The fourth-order valence-corrected chi connectivity index (χ4v) is 4.48. The highest BCUT2D eigenvalue weighted by atomic mass is 32.1. The fourth-order valence-electron chi connectivity index (χ4n) is 3.78. The third-order valence-corrected chi connectivity index (χ3v) is 6.12. The van der Waals surface area contributed by atoms with E-state index in [0.717, 1.165) is 37.2 Å². The van der Waals surface area contributed by atoms with Crippen LogP contribution in [0.1, 0.15) is 40.9 Å². The van der Waals surface area contributed by atoms with Crippen molar-refractivity contribution in [2.24, 2.45) is 0 Å². The molecule has 1 fully saturated rings. The van der Waals surface area contributed by atoms with Gasteiger partial charge in [-0.3, -0.25) is 14.5 Å². The number of hydrogen-bond acceptors (Lipinski definition) is 6. The van der Waals surface area contributed by atoms with E-state index < -0.39 is 5.60 Å². The Morgan fingerprint density at radius 1 is 1.33 bits per heavy atom. The monoisotopic (exact) mass is 385 g/mol. The number of carbonyl (C=O) groups is 2. The van der Waals surface area contributed by atoms with Crippen molar-refractivity contribution in [1.29, 1.82) is 0 Å².